The SMILES string of the molecule is [Li+].[O]=[Al][O-]. The third-order valence-corrected chi connectivity index (χ3v) is 0. The molecule has 0 unspecified atom stereocenters. The number of rotatable bonds is 0. The Morgan fingerprint density at radius 3 is 1.75 bits per heavy atom. The van der Waals surface area contributed by atoms with Crippen molar-refractivity contribution in [2.45, 2.75) is 0 Å². The van der Waals surface area contributed by atoms with E-state index in [0.717, 1.165) is 0 Å². The Bertz CT molecular complexity index is 13.5. The van der Waals surface area contributed by atoms with Crippen LogP contribution in [0.1, 0.15) is 0 Å². The molecular formula is AlLiO2. The molecule has 2 nitrogen and oxygen atoms in total. The van der Waals surface area contributed by atoms with Crippen LogP contribution in [-0.4, -0.2) is 15.5 Å². The molecule has 0 amide bonds. The molecular weight excluding hydrogens is 65.9 g/mol. The number of hydrogen-bond donors (Lipinski definition) is 0. The third-order valence-electron chi connectivity index (χ3n) is 0. The Balaban J connectivity index is 0. The van der Waals surface area contributed by atoms with Crippen LogP contribution in [0.3, 0.4) is 0 Å². The Morgan fingerprint density at radius 1 is 1.75 bits per heavy atom. The molecule has 0 aromatic heterocycles. The Hall–Kier alpha value is 0.730. The Kier molecular flexibility index (Phi) is 20.5. The van der Waals surface area contributed by atoms with E-state index in [1.54, 1.807) is 0 Å². The van der Waals surface area contributed by atoms with Gasteiger partial charge in [0.25, 0.3) is 0 Å². The van der Waals surface area contributed by atoms with Crippen LogP contribution in [-0.2, 0) is 3.80 Å². The van der Waals surface area contributed by atoms with Crippen LogP contribution in [0, 0.1) is 0 Å². The molecule has 0 aliphatic heterocycles. The molecule has 0 heterocycles. The van der Waals surface area contributed by atoms with Gasteiger partial charge in [-0.15, -0.1) is 0 Å². The molecule has 0 fully saturated rings. The van der Waals surface area contributed by atoms with Crippen LogP contribution < -0.4 is 23.0 Å². The summed E-state index contributed by atoms with van der Waals surface area (Å²) in [7, 11) is 0. The topological polar surface area (TPSA) is 40.1 Å². The van der Waals surface area contributed by atoms with Crippen molar-refractivity contribution in [1.82, 2.24) is 0 Å². The standard InChI is InChI=1S/Al.Li.2O/q;+1;;-1. The van der Waals surface area contributed by atoms with E-state index >= 15 is 0 Å². The molecule has 0 rings (SSSR count). The minimum absolute atomic E-state index is 0. The molecule has 4 heteroatoms. The Morgan fingerprint density at radius 2 is 1.75 bits per heavy atom. The molecule has 0 saturated carbocycles. The summed E-state index contributed by atoms with van der Waals surface area (Å²) in [6.07, 6.45) is 0. The molecule has 0 aliphatic carbocycles. The molecule has 0 spiro atoms. The van der Waals surface area contributed by atoms with Gasteiger partial charge in [-0.1, -0.05) is 0 Å². The fourth-order valence-corrected chi connectivity index (χ4v) is 0. The van der Waals surface area contributed by atoms with E-state index < -0.39 is 15.5 Å². The van der Waals surface area contributed by atoms with Gasteiger partial charge in [0, 0.05) is 0 Å². The second-order valence-corrected chi connectivity index (χ2v) is 0.289. The second-order valence-electron chi connectivity index (χ2n) is 0.0962. The van der Waals surface area contributed by atoms with Crippen LogP contribution in [0.2, 0.25) is 0 Å². The van der Waals surface area contributed by atoms with E-state index in [9.17, 15) is 0 Å². The van der Waals surface area contributed by atoms with Gasteiger partial charge in [-0.05, 0) is 0 Å². The molecule has 0 radical (unpaired) electrons. The monoisotopic (exact) mass is 66.0 g/mol. The first kappa shape index (κ1) is 8.83. The van der Waals surface area contributed by atoms with Crippen LogP contribution >= 0.6 is 0 Å². The molecule has 0 saturated heterocycles. The van der Waals surface area contributed by atoms with E-state index in [2.05, 4.69) is 0 Å². The first-order valence-corrected chi connectivity index (χ1v) is 1.41. The van der Waals surface area contributed by atoms with E-state index in [1.807, 2.05) is 0 Å². The zero-order chi connectivity index (χ0) is 2.71. The van der Waals surface area contributed by atoms with E-state index in [-0.39, 0.29) is 18.9 Å². The van der Waals surface area contributed by atoms with Gasteiger partial charge in [-0.2, -0.15) is 0 Å². The van der Waals surface area contributed by atoms with Crippen LogP contribution in [0.5, 0.6) is 0 Å². The zero-order valence-electron chi connectivity index (χ0n) is 2.39. The van der Waals surface area contributed by atoms with Gasteiger partial charge in [0.1, 0.15) is 0 Å². The zero-order valence-corrected chi connectivity index (χ0v) is 3.55. The fraction of sp³-hybridized carbons (Fsp3) is 0. The average Bonchev–Trinajstić information content (AvgIpc) is 0.918. The maximum absolute atomic E-state index is 8.46. The molecule has 0 aromatic carbocycles. The van der Waals surface area contributed by atoms with Gasteiger partial charge in [0.05, 0.1) is 0 Å². The van der Waals surface area contributed by atoms with Gasteiger partial charge in [0.15, 0.2) is 0 Å². The first-order valence-electron chi connectivity index (χ1n) is 0.471. The van der Waals surface area contributed by atoms with Crippen molar-refractivity contribution in [1.29, 1.82) is 0 Å². The summed E-state index contributed by atoms with van der Waals surface area (Å²) < 4.78 is 16.9. The van der Waals surface area contributed by atoms with Crippen molar-refractivity contribution in [3.63, 3.8) is 0 Å². The molecule has 0 N–H and O–H groups in total. The van der Waals surface area contributed by atoms with Gasteiger partial charge < -0.3 is 0 Å². The predicted octanol–water partition coefficient (Wildman–Crippen LogP) is -4.68. The first-order chi connectivity index (χ1) is 1.41. The summed E-state index contributed by atoms with van der Waals surface area (Å²) in [5.74, 6) is 0. The summed E-state index contributed by atoms with van der Waals surface area (Å²) in [6.45, 7) is 0. The van der Waals surface area contributed by atoms with Crippen molar-refractivity contribution in [3.05, 3.63) is 0 Å². The normalized spacial score (nSPS) is 2.00. The second kappa shape index (κ2) is 9.29. The van der Waals surface area contributed by atoms with Gasteiger partial charge in [0.2, 0.25) is 0 Å². The average molecular weight is 65.9 g/mol. The van der Waals surface area contributed by atoms with Crippen LogP contribution in [0.4, 0.5) is 0 Å². The summed E-state index contributed by atoms with van der Waals surface area (Å²) in [5, 5.41) is 0. The Labute approximate surface area is 42.6 Å². The summed E-state index contributed by atoms with van der Waals surface area (Å²) >= 11 is -1.75. The van der Waals surface area contributed by atoms with Crippen LogP contribution in [0.15, 0.2) is 0 Å². The van der Waals surface area contributed by atoms with Crippen molar-refractivity contribution < 1.29 is 26.8 Å². The molecule has 0 aliphatic rings. The van der Waals surface area contributed by atoms with Gasteiger partial charge in [-0.25, -0.2) is 0 Å². The van der Waals surface area contributed by atoms with Crippen LogP contribution in [0.25, 0.3) is 0 Å². The van der Waals surface area contributed by atoms with Gasteiger partial charge >= 0.3 is 42.3 Å². The van der Waals surface area contributed by atoms with Crippen molar-refractivity contribution in [2.75, 3.05) is 0 Å². The predicted molar refractivity (Wildman–Crippen MR) is 6.44 cm³/mol. The molecule has 0 aromatic rings. The quantitative estimate of drug-likeness (QED) is 0.266. The molecule has 16 valence electrons. The molecule has 0 atom stereocenters. The minimum atomic E-state index is -1.75. The third kappa shape index (κ3) is 15.3. The van der Waals surface area contributed by atoms with E-state index in [1.165, 1.54) is 0 Å². The maximum atomic E-state index is 8.46. The summed E-state index contributed by atoms with van der Waals surface area (Å²) in [6, 6.07) is 0. The molecule has 0 bridgehead atoms. The summed E-state index contributed by atoms with van der Waals surface area (Å²) in [4.78, 5) is 0. The fourth-order valence-electron chi connectivity index (χ4n) is 0. The van der Waals surface area contributed by atoms with Crippen molar-refractivity contribution in [3.8, 4) is 0 Å². The van der Waals surface area contributed by atoms with Crippen molar-refractivity contribution >= 4 is 15.5 Å². The van der Waals surface area contributed by atoms with E-state index in [4.69, 9.17) is 7.96 Å². The number of hydrogen-bond acceptors (Lipinski definition) is 2. The van der Waals surface area contributed by atoms with Crippen molar-refractivity contribution in [2.24, 2.45) is 0 Å². The van der Waals surface area contributed by atoms with Gasteiger partial charge in [-0.3, -0.25) is 0 Å². The molecule has 4 heavy (non-hydrogen) atoms. The summed E-state index contributed by atoms with van der Waals surface area (Å²) in [5.41, 5.74) is 0. The van der Waals surface area contributed by atoms with E-state index in [0.29, 0.717) is 0 Å².